The minimum atomic E-state index is -0.389. The highest BCUT2D eigenvalue weighted by molar-refractivity contribution is 5.97. The Morgan fingerprint density at radius 1 is 1.10 bits per heavy atom. The lowest BCUT2D eigenvalue weighted by Crippen LogP contribution is -2.68. The molecular formula is C15H26N2O3. The molecule has 0 saturated carbocycles. The zero-order valence-corrected chi connectivity index (χ0v) is 12.9. The monoisotopic (exact) mass is 282 g/mol. The van der Waals surface area contributed by atoms with Crippen molar-refractivity contribution in [2.75, 3.05) is 13.2 Å². The molecule has 20 heavy (non-hydrogen) atoms. The number of nitrogens with zero attached hydrogens (tertiary/aromatic N) is 1. The molecule has 2 unspecified atom stereocenters. The van der Waals surface area contributed by atoms with Gasteiger partial charge in [0.1, 0.15) is 12.1 Å². The quantitative estimate of drug-likeness (QED) is 0.845. The van der Waals surface area contributed by atoms with Crippen LogP contribution in [0.3, 0.4) is 0 Å². The first-order valence-electron chi connectivity index (χ1n) is 7.63. The Labute approximate surface area is 121 Å². The second-order valence-electron chi connectivity index (χ2n) is 6.51. The van der Waals surface area contributed by atoms with E-state index in [2.05, 4.69) is 5.32 Å². The number of amides is 2. The molecule has 5 heteroatoms. The number of nitrogens with one attached hydrogen (secondary N) is 1. The van der Waals surface area contributed by atoms with Gasteiger partial charge < -0.3 is 15.0 Å². The molecule has 2 aliphatic rings. The van der Waals surface area contributed by atoms with E-state index in [1.165, 1.54) is 0 Å². The van der Waals surface area contributed by atoms with Crippen LogP contribution in [-0.2, 0) is 14.3 Å². The molecule has 0 aromatic rings. The summed E-state index contributed by atoms with van der Waals surface area (Å²) < 4.78 is 5.38. The summed E-state index contributed by atoms with van der Waals surface area (Å²) in [6.45, 7) is 9.29. The van der Waals surface area contributed by atoms with Gasteiger partial charge in [0.2, 0.25) is 11.8 Å². The van der Waals surface area contributed by atoms with Gasteiger partial charge in [0.25, 0.3) is 0 Å². The van der Waals surface area contributed by atoms with Crippen LogP contribution in [0.4, 0.5) is 0 Å². The molecule has 2 rings (SSSR count). The minimum Gasteiger partial charge on any atom is -0.381 e. The lowest BCUT2D eigenvalue weighted by Gasteiger charge is -2.46. The van der Waals surface area contributed by atoms with Gasteiger partial charge in [-0.25, -0.2) is 0 Å². The van der Waals surface area contributed by atoms with Gasteiger partial charge in [0.05, 0.1) is 0 Å². The Morgan fingerprint density at radius 2 is 1.70 bits per heavy atom. The zero-order chi connectivity index (χ0) is 14.9. The molecule has 0 aromatic carbocycles. The summed E-state index contributed by atoms with van der Waals surface area (Å²) in [5, 5.41) is 2.90. The van der Waals surface area contributed by atoms with E-state index in [9.17, 15) is 9.59 Å². The van der Waals surface area contributed by atoms with E-state index >= 15 is 0 Å². The molecule has 2 amide bonds. The fourth-order valence-electron chi connectivity index (χ4n) is 3.17. The van der Waals surface area contributed by atoms with Crippen molar-refractivity contribution in [3.05, 3.63) is 0 Å². The van der Waals surface area contributed by atoms with Crippen LogP contribution in [0.1, 0.15) is 40.5 Å². The van der Waals surface area contributed by atoms with Gasteiger partial charge in [0, 0.05) is 19.3 Å². The van der Waals surface area contributed by atoms with Gasteiger partial charge in [-0.1, -0.05) is 27.7 Å². The summed E-state index contributed by atoms with van der Waals surface area (Å²) >= 11 is 0. The van der Waals surface area contributed by atoms with Crippen LogP contribution in [0.15, 0.2) is 0 Å². The minimum absolute atomic E-state index is 0.00945. The van der Waals surface area contributed by atoms with Crippen molar-refractivity contribution in [2.24, 2.45) is 11.8 Å². The van der Waals surface area contributed by atoms with E-state index in [-0.39, 0.29) is 41.8 Å². The zero-order valence-electron chi connectivity index (χ0n) is 12.9. The molecule has 2 aliphatic heterocycles. The summed E-state index contributed by atoms with van der Waals surface area (Å²) in [4.78, 5) is 27.1. The van der Waals surface area contributed by atoms with Crippen molar-refractivity contribution >= 4 is 11.8 Å². The second kappa shape index (κ2) is 6.12. The highest BCUT2D eigenvalue weighted by Gasteiger charge is 2.45. The summed E-state index contributed by atoms with van der Waals surface area (Å²) in [7, 11) is 0. The van der Waals surface area contributed by atoms with Gasteiger partial charge in [-0.2, -0.15) is 0 Å². The Hall–Kier alpha value is -1.10. The third kappa shape index (κ3) is 2.82. The highest BCUT2D eigenvalue weighted by atomic mass is 16.5. The largest absolute Gasteiger partial charge is 0.381 e. The van der Waals surface area contributed by atoms with E-state index in [0.717, 1.165) is 12.8 Å². The average Bonchev–Trinajstić information content (AvgIpc) is 2.40. The highest BCUT2D eigenvalue weighted by Crippen LogP contribution is 2.26. The van der Waals surface area contributed by atoms with Crippen molar-refractivity contribution in [1.29, 1.82) is 0 Å². The standard InChI is InChI=1S/C15H26N2O3/c1-9(2)12-15(19)17(11-5-7-20-8-6-11)13(10(3)4)14(18)16-12/h9-13H,5-8H2,1-4H3,(H,16,18). The fraction of sp³-hybridized carbons (Fsp3) is 0.867. The third-order valence-corrected chi connectivity index (χ3v) is 4.27. The van der Waals surface area contributed by atoms with E-state index < -0.39 is 0 Å². The number of carbonyl (C=O) groups is 2. The molecule has 0 bridgehead atoms. The maximum Gasteiger partial charge on any atom is 0.246 e. The predicted octanol–water partition coefficient (Wildman–Crippen LogP) is 1.17. The topological polar surface area (TPSA) is 58.6 Å². The maximum atomic E-state index is 12.8. The van der Waals surface area contributed by atoms with E-state index in [4.69, 9.17) is 4.74 Å². The number of ether oxygens (including phenoxy) is 1. The first-order chi connectivity index (χ1) is 9.43. The van der Waals surface area contributed by atoms with Crippen molar-refractivity contribution in [3.8, 4) is 0 Å². The van der Waals surface area contributed by atoms with Crippen LogP contribution in [-0.4, -0.2) is 48.1 Å². The van der Waals surface area contributed by atoms with Crippen LogP contribution in [0, 0.1) is 11.8 Å². The molecule has 2 atom stereocenters. The summed E-state index contributed by atoms with van der Waals surface area (Å²) in [6, 6.07) is -0.600. The van der Waals surface area contributed by atoms with E-state index in [0.29, 0.717) is 13.2 Å². The van der Waals surface area contributed by atoms with Crippen LogP contribution in [0.2, 0.25) is 0 Å². The van der Waals surface area contributed by atoms with Crippen molar-refractivity contribution < 1.29 is 14.3 Å². The first-order valence-corrected chi connectivity index (χ1v) is 7.63. The van der Waals surface area contributed by atoms with Crippen LogP contribution >= 0.6 is 0 Å². The lowest BCUT2D eigenvalue weighted by atomic mass is 9.90. The number of hydrogen-bond donors (Lipinski definition) is 1. The Balaban J connectivity index is 2.28. The van der Waals surface area contributed by atoms with Gasteiger partial charge >= 0.3 is 0 Å². The predicted molar refractivity (Wildman–Crippen MR) is 76.1 cm³/mol. The molecule has 5 nitrogen and oxygen atoms in total. The SMILES string of the molecule is CC(C)C1NC(=O)C(C(C)C)N(C2CCOCC2)C1=O. The van der Waals surface area contributed by atoms with Gasteiger partial charge in [-0.15, -0.1) is 0 Å². The Bertz CT molecular complexity index is 375. The molecular weight excluding hydrogens is 256 g/mol. The van der Waals surface area contributed by atoms with Gasteiger partial charge in [0.15, 0.2) is 0 Å². The van der Waals surface area contributed by atoms with E-state index in [1.54, 1.807) is 0 Å². The van der Waals surface area contributed by atoms with Crippen molar-refractivity contribution in [1.82, 2.24) is 10.2 Å². The summed E-state index contributed by atoms with van der Waals surface area (Å²) in [5.41, 5.74) is 0. The second-order valence-corrected chi connectivity index (χ2v) is 6.51. The van der Waals surface area contributed by atoms with Crippen LogP contribution in [0.25, 0.3) is 0 Å². The first kappa shape index (κ1) is 15.3. The molecule has 0 spiro atoms. The van der Waals surface area contributed by atoms with Gasteiger partial charge in [-0.3, -0.25) is 9.59 Å². The fourth-order valence-corrected chi connectivity index (χ4v) is 3.17. The lowest BCUT2D eigenvalue weighted by molar-refractivity contribution is -0.157. The molecule has 2 heterocycles. The average molecular weight is 282 g/mol. The molecule has 0 aromatic heterocycles. The summed E-state index contributed by atoms with van der Waals surface area (Å²) in [5.74, 6) is 0.298. The smallest absolute Gasteiger partial charge is 0.246 e. The Morgan fingerprint density at radius 3 is 2.20 bits per heavy atom. The van der Waals surface area contributed by atoms with Crippen LogP contribution < -0.4 is 5.32 Å². The molecule has 2 saturated heterocycles. The van der Waals surface area contributed by atoms with E-state index in [1.807, 2.05) is 32.6 Å². The number of hydrogen-bond acceptors (Lipinski definition) is 3. The number of carbonyl (C=O) groups excluding carboxylic acids is 2. The number of piperazine rings is 1. The van der Waals surface area contributed by atoms with Crippen LogP contribution in [0.5, 0.6) is 0 Å². The molecule has 0 aliphatic carbocycles. The molecule has 0 radical (unpaired) electrons. The summed E-state index contributed by atoms with van der Waals surface area (Å²) in [6.07, 6.45) is 1.65. The Kier molecular flexibility index (Phi) is 4.68. The normalized spacial score (nSPS) is 29.2. The third-order valence-electron chi connectivity index (χ3n) is 4.27. The molecule has 114 valence electrons. The molecule has 1 N–H and O–H groups in total. The van der Waals surface area contributed by atoms with Crippen molar-refractivity contribution in [3.63, 3.8) is 0 Å². The van der Waals surface area contributed by atoms with Crippen molar-refractivity contribution in [2.45, 2.75) is 58.7 Å². The van der Waals surface area contributed by atoms with Gasteiger partial charge in [-0.05, 0) is 24.7 Å². The molecule has 2 fully saturated rings. The number of rotatable bonds is 3. The maximum absolute atomic E-state index is 12.8.